The van der Waals surface area contributed by atoms with Crippen LogP contribution in [0.2, 0.25) is 0 Å². The van der Waals surface area contributed by atoms with Gasteiger partial charge in [-0.2, -0.15) is 0 Å². The van der Waals surface area contributed by atoms with E-state index in [1.165, 1.54) is 11.1 Å². The Morgan fingerprint density at radius 3 is 2.73 bits per heavy atom. The van der Waals surface area contributed by atoms with Gasteiger partial charge in [0.25, 0.3) is 0 Å². The molecular formula is C10H12W. The molecule has 0 spiro atoms. The molecule has 0 amide bonds. The van der Waals surface area contributed by atoms with Crippen LogP contribution in [0.5, 0.6) is 0 Å². The minimum atomic E-state index is 1.15. The minimum absolute atomic E-state index is 1.15. The molecule has 0 saturated carbocycles. The summed E-state index contributed by atoms with van der Waals surface area (Å²) in [5.41, 5.74) is 2.80. The summed E-state index contributed by atoms with van der Waals surface area (Å²) in [6, 6.07) is 8.72. The molecule has 11 heavy (non-hydrogen) atoms. The van der Waals surface area contributed by atoms with E-state index in [0.29, 0.717) is 0 Å². The van der Waals surface area contributed by atoms with E-state index in [0.717, 1.165) is 6.42 Å². The maximum atomic E-state index is 2.26. The van der Waals surface area contributed by atoms with E-state index in [-0.39, 0.29) is 0 Å². The molecule has 0 saturated heterocycles. The number of hydrogen-bond donors (Lipinski definition) is 0. The van der Waals surface area contributed by atoms with Gasteiger partial charge in [-0.25, -0.2) is 0 Å². The Hall–Kier alpha value is -0.222. The fraction of sp³-hybridized carbons (Fsp3) is 0.300. The second-order valence-corrected chi connectivity index (χ2v) is 5.37. The zero-order valence-corrected chi connectivity index (χ0v) is 9.86. The van der Waals surface area contributed by atoms with E-state index < -0.39 is 0 Å². The zero-order valence-electron chi connectivity index (χ0n) is 6.92. The van der Waals surface area contributed by atoms with Crippen molar-refractivity contribution < 1.29 is 19.4 Å². The molecule has 0 unspecified atom stereocenters. The number of aryl methyl sites for hydroxylation is 1. The maximum absolute atomic E-state index is 2.26. The van der Waals surface area contributed by atoms with Crippen LogP contribution in [0.4, 0.5) is 0 Å². The van der Waals surface area contributed by atoms with Crippen molar-refractivity contribution in [2.45, 2.75) is 20.3 Å². The summed E-state index contributed by atoms with van der Waals surface area (Å²) in [4.78, 5) is 0. The van der Waals surface area contributed by atoms with Gasteiger partial charge in [-0.05, 0) is 0 Å². The van der Waals surface area contributed by atoms with Gasteiger partial charge in [-0.15, -0.1) is 0 Å². The summed E-state index contributed by atoms with van der Waals surface area (Å²) in [6.07, 6.45) is 1.15. The Balaban J connectivity index is 2.79. The summed E-state index contributed by atoms with van der Waals surface area (Å²) in [5.74, 6) is 0. The molecule has 0 fully saturated rings. The first-order chi connectivity index (χ1) is 5.18. The molecular weight excluding hydrogens is 304 g/mol. The number of rotatable bonds is 2. The van der Waals surface area contributed by atoms with Crippen molar-refractivity contribution in [1.29, 1.82) is 0 Å². The third kappa shape index (κ3) is 3.12. The van der Waals surface area contributed by atoms with Crippen molar-refractivity contribution in [2.24, 2.45) is 0 Å². The first-order valence-corrected chi connectivity index (χ1v) is 5.20. The molecule has 0 heterocycles. The zero-order chi connectivity index (χ0) is 8.27. The summed E-state index contributed by atoms with van der Waals surface area (Å²) >= 11 is 1.60. The molecule has 0 bridgehead atoms. The fourth-order valence-electron chi connectivity index (χ4n) is 1.11. The van der Waals surface area contributed by atoms with Crippen LogP contribution in [-0.2, 0) is 25.8 Å². The first kappa shape index (κ1) is 8.87. The van der Waals surface area contributed by atoms with Crippen LogP contribution in [0.15, 0.2) is 24.3 Å². The molecule has 58 valence electrons. The Kier molecular flexibility index (Phi) is 3.20. The standard InChI is InChI=1S/C10H12.W/c1-3-5-10-7-4-6-9(2)8-10;/h4,6-8H,5H2,1-2H3;. The number of hydrogen-bond acceptors (Lipinski definition) is 0. The van der Waals surface area contributed by atoms with E-state index in [1.807, 2.05) is 0 Å². The SMILES string of the molecule is C[C](=[W])Cc1cccc(C)c1. The molecule has 0 aromatic heterocycles. The van der Waals surface area contributed by atoms with Crippen LogP contribution < -0.4 is 0 Å². The Labute approximate surface area is 79.0 Å². The van der Waals surface area contributed by atoms with Crippen LogP contribution >= 0.6 is 0 Å². The first-order valence-electron chi connectivity index (χ1n) is 3.73. The molecule has 0 aliphatic carbocycles. The molecule has 0 nitrogen and oxygen atoms in total. The quantitative estimate of drug-likeness (QED) is 0.785. The van der Waals surface area contributed by atoms with Gasteiger partial charge in [0, 0.05) is 0 Å². The molecule has 0 N–H and O–H groups in total. The molecule has 1 aromatic rings. The molecule has 0 aliphatic heterocycles. The predicted molar refractivity (Wildman–Crippen MR) is 45.6 cm³/mol. The van der Waals surface area contributed by atoms with E-state index in [9.17, 15) is 0 Å². The summed E-state index contributed by atoms with van der Waals surface area (Å²) in [7, 11) is 0. The monoisotopic (exact) mass is 316 g/mol. The van der Waals surface area contributed by atoms with Gasteiger partial charge in [0.1, 0.15) is 0 Å². The average molecular weight is 316 g/mol. The Bertz CT molecular complexity index is 263. The van der Waals surface area contributed by atoms with E-state index in [2.05, 4.69) is 38.1 Å². The van der Waals surface area contributed by atoms with Gasteiger partial charge in [0.05, 0.1) is 0 Å². The van der Waals surface area contributed by atoms with Gasteiger partial charge in [-0.1, -0.05) is 0 Å². The van der Waals surface area contributed by atoms with Crippen LogP contribution in [0, 0.1) is 6.92 Å². The van der Waals surface area contributed by atoms with E-state index in [4.69, 9.17) is 0 Å². The van der Waals surface area contributed by atoms with Crippen molar-refractivity contribution in [3.8, 4) is 0 Å². The molecule has 1 rings (SSSR count). The van der Waals surface area contributed by atoms with Crippen LogP contribution in [0.25, 0.3) is 0 Å². The normalized spacial score (nSPS) is 9.64. The number of benzene rings is 1. The van der Waals surface area contributed by atoms with Gasteiger partial charge >= 0.3 is 78.9 Å². The van der Waals surface area contributed by atoms with Crippen molar-refractivity contribution in [3.63, 3.8) is 0 Å². The topological polar surface area (TPSA) is 0 Å². The van der Waals surface area contributed by atoms with Crippen molar-refractivity contribution in [3.05, 3.63) is 35.4 Å². The molecule has 1 aromatic carbocycles. The van der Waals surface area contributed by atoms with Crippen molar-refractivity contribution in [1.82, 2.24) is 0 Å². The van der Waals surface area contributed by atoms with E-state index >= 15 is 0 Å². The van der Waals surface area contributed by atoms with Crippen LogP contribution in [0.3, 0.4) is 0 Å². The second-order valence-electron chi connectivity index (χ2n) is 2.87. The predicted octanol–water partition coefficient (Wildman–Crippen LogP) is 2.28. The summed E-state index contributed by atoms with van der Waals surface area (Å²) in [6.45, 7) is 4.35. The molecule has 0 radical (unpaired) electrons. The van der Waals surface area contributed by atoms with Gasteiger partial charge in [0.2, 0.25) is 0 Å². The van der Waals surface area contributed by atoms with Crippen LogP contribution in [-0.4, -0.2) is 3.90 Å². The second kappa shape index (κ2) is 3.97. The average Bonchev–Trinajstić information content (AvgIpc) is 1.85. The van der Waals surface area contributed by atoms with Gasteiger partial charge in [-0.3, -0.25) is 0 Å². The van der Waals surface area contributed by atoms with Crippen molar-refractivity contribution >= 4 is 3.90 Å². The molecule has 0 aliphatic rings. The molecule has 1 heteroatoms. The van der Waals surface area contributed by atoms with Gasteiger partial charge in [0.15, 0.2) is 0 Å². The fourth-order valence-corrected chi connectivity index (χ4v) is 1.71. The van der Waals surface area contributed by atoms with Crippen LogP contribution in [0.1, 0.15) is 18.1 Å². The van der Waals surface area contributed by atoms with Crippen molar-refractivity contribution in [2.75, 3.05) is 0 Å². The Morgan fingerprint density at radius 1 is 1.45 bits per heavy atom. The third-order valence-corrected chi connectivity index (χ3v) is 2.05. The van der Waals surface area contributed by atoms with E-state index in [1.54, 1.807) is 23.3 Å². The Morgan fingerprint density at radius 2 is 2.18 bits per heavy atom. The van der Waals surface area contributed by atoms with Gasteiger partial charge < -0.3 is 0 Å². The summed E-state index contributed by atoms with van der Waals surface area (Å²) in [5, 5.41) is 0. The summed E-state index contributed by atoms with van der Waals surface area (Å²) < 4.78 is 1.55. The third-order valence-electron chi connectivity index (χ3n) is 1.54. The molecule has 0 atom stereocenters.